The highest BCUT2D eigenvalue weighted by Crippen LogP contribution is 2.32. The Morgan fingerprint density at radius 2 is 1.53 bits per heavy atom. The summed E-state index contributed by atoms with van der Waals surface area (Å²) in [6.07, 6.45) is 0. The molecule has 0 aliphatic heterocycles. The molecule has 0 aliphatic carbocycles. The van der Waals surface area contributed by atoms with E-state index in [1.165, 1.54) is 4.90 Å². The van der Waals surface area contributed by atoms with Crippen LogP contribution >= 0.6 is 0 Å². The van der Waals surface area contributed by atoms with Crippen molar-refractivity contribution in [2.24, 2.45) is 0 Å². The molecule has 1 aromatic heterocycles. The van der Waals surface area contributed by atoms with Gasteiger partial charge in [0, 0.05) is 23.7 Å². The lowest BCUT2D eigenvalue weighted by Crippen LogP contribution is -2.28. The van der Waals surface area contributed by atoms with Crippen LogP contribution < -0.4 is 15.3 Å². The van der Waals surface area contributed by atoms with Gasteiger partial charge in [-0.15, -0.1) is 0 Å². The number of hydrogen-bond acceptors (Lipinski definition) is 4. The molecule has 5 nitrogen and oxygen atoms in total. The third-order valence-electron chi connectivity index (χ3n) is 4.93. The van der Waals surface area contributed by atoms with E-state index in [1.54, 1.807) is 43.4 Å². The molecule has 0 unspecified atom stereocenters. The Bertz CT molecular complexity index is 1240. The molecule has 0 aliphatic rings. The first-order chi connectivity index (χ1) is 14.6. The fourth-order valence-electron chi connectivity index (χ4n) is 3.44. The van der Waals surface area contributed by atoms with Crippen LogP contribution in [-0.4, -0.2) is 19.6 Å². The SMILES string of the molecule is CCOc1ccc(N(C)C(=O)c2oc(=O)c3ccccc3c2-c2ccccc2)cc1. The molecule has 0 saturated heterocycles. The van der Waals surface area contributed by atoms with E-state index in [0.29, 0.717) is 28.6 Å². The van der Waals surface area contributed by atoms with Crippen molar-refractivity contribution in [3.05, 3.63) is 95.0 Å². The molecule has 30 heavy (non-hydrogen) atoms. The van der Waals surface area contributed by atoms with Gasteiger partial charge in [-0.2, -0.15) is 0 Å². The average Bonchev–Trinajstić information content (AvgIpc) is 2.79. The van der Waals surface area contributed by atoms with Gasteiger partial charge in [-0.25, -0.2) is 4.79 Å². The quantitative estimate of drug-likeness (QED) is 0.466. The van der Waals surface area contributed by atoms with Crippen molar-refractivity contribution in [3.8, 4) is 16.9 Å². The summed E-state index contributed by atoms with van der Waals surface area (Å²) in [5, 5.41) is 1.13. The van der Waals surface area contributed by atoms with Crippen LogP contribution in [0.15, 0.2) is 88.1 Å². The summed E-state index contributed by atoms with van der Waals surface area (Å²) in [6.45, 7) is 2.48. The van der Waals surface area contributed by atoms with Gasteiger partial charge in [0.25, 0.3) is 5.91 Å². The predicted molar refractivity (Wildman–Crippen MR) is 118 cm³/mol. The normalized spacial score (nSPS) is 10.7. The minimum Gasteiger partial charge on any atom is -0.494 e. The van der Waals surface area contributed by atoms with Gasteiger partial charge < -0.3 is 14.1 Å². The molecule has 4 rings (SSSR count). The number of fused-ring (bicyclic) bond motifs is 1. The maximum absolute atomic E-state index is 13.4. The number of rotatable bonds is 5. The van der Waals surface area contributed by atoms with Crippen molar-refractivity contribution in [1.82, 2.24) is 0 Å². The lowest BCUT2D eigenvalue weighted by Gasteiger charge is -2.19. The van der Waals surface area contributed by atoms with Crippen molar-refractivity contribution >= 4 is 22.4 Å². The zero-order chi connectivity index (χ0) is 21.1. The fraction of sp³-hybridized carbons (Fsp3) is 0.120. The molecule has 4 aromatic rings. The van der Waals surface area contributed by atoms with Crippen LogP contribution in [0.3, 0.4) is 0 Å². The largest absolute Gasteiger partial charge is 0.494 e. The minimum atomic E-state index is -0.534. The van der Waals surface area contributed by atoms with Crippen molar-refractivity contribution in [3.63, 3.8) is 0 Å². The Hall–Kier alpha value is -3.86. The second-order valence-electron chi connectivity index (χ2n) is 6.80. The second kappa shape index (κ2) is 8.25. The molecule has 0 saturated carbocycles. The van der Waals surface area contributed by atoms with Crippen LogP contribution in [0.2, 0.25) is 0 Å². The fourth-order valence-corrected chi connectivity index (χ4v) is 3.44. The number of carbonyl (C=O) groups is 1. The van der Waals surface area contributed by atoms with Gasteiger partial charge in [-0.3, -0.25) is 4.79 Å². The van der Waals surface area contributed by atoms with Crippen molar-refractivity contribution in [2.75, 3.05) is 18.6 Å². The highest BCUT2D eigenvalue weighted by molar-refractivity contribution is 6.12. The lowest BCUT2D eigenvalue weighted by atomic mass is 9.98. The van der Waals surface area contributed by atoms with E-state index in [9.17, 15) is 9.59 Å². The minimum absolute atomic E-state index is 0.0151. The third kappa shape index (κ3) is 3.57. The third-order valence-corrected chi connectivity index (χ3v) is 4.93. The number of anilines is 1. The van der Waals surface area contributed by atoms with E-state index in [2.05, 4.69) is 0 Å². The van der Waals surface area contributed by atoms with Gasteiger partial charge in [0.15, 0.2) is 0 Å². The van der Waals surface area contributed by atoms with Crippen LogP contribution in [0.1, 0.15) is 17.5 Å². The number of benzene rings is 3. The summed E-state index contributed by atoms with van der Waals surface area (Å²) in [5.41, 5.74) is 1.54. The Morgan fingerprint density at radius 1 is 0.900 bits per heavy atom. The maximum Gasteiger partial charge on any atom is 0.344 e. The molecule has 3 aromatic carbocycles. The van der Waals surface area contributed by atoms with Crippen LogP contribution in [0, 0.1) is 0 Å². The molecule has 0 bridgehead atoms. The first kappa shape index (κ1) is 19.5. The van der Waals surface area contributed by atoms with E-state index < -0.39 is 11.5 Å². The Labute approximate surface area is 174 Å². The Balaban J connectivity index is 1.85. The van der Waals surface area contributed by atoms with Crippen molar-refractivity contribution < 1.29 is 13.9 Å². The topological polar surface area (TPSA) is 59.8 Å². The zero-order valence-corrected chi connectivity index (χ0v) is 16.8. The summed E-state index contributed by atoms with van der Waals surface area (Å²) >= 11 is 0. The van der Waals surface area contributed by atoms with E-state index >= 15 is 0 Å². The van der Waals surface area contributed by atoms with Gasteiger partial charge in [0.1, 0.15) is 5.75 Å². The molecule has 1 heterocycles. The highest BCUT2D eigenvalue weighted by Gasteiger charge is 2.24. The second-order valence-corrected chi connectivity index (χ2v) is 6.80. The van der Waals surface area contributed by atoms with Crippen molar-refractivity contribution in [2.45, 2.75) is 6.92 Å². The summed E-state index contributed by atoms with van der Waals surface area (Å²) < 4.78 is 11.0. The molecular weight excluding hydrogens is 378 g/mol. The molecule has 0 radical (unpaired) electrons. The zero-order valence-electron chi connectivity index (χ0n) is 16.8. The molecular formula is C25H21NO4. The Kier molecular flexibility index (Phi) is 5.35. The number of ether oxygens (including phenoxy) is 1. The highest BCUT2D eigenvalue weighted by atomic mass is 16.5. The van der Waals surface area contributed by atoms with E-state index in [0.717, 1.165) is 11.3 Å². The number of amides is 1. The first-order valence-electron chi connectivity index (χ1n) is 9.72. The standard InChI is InChI=1S/C25H21NO4/c1-3-29-19-15-13-18(14-16-19)26(2)24(27)23-22(17-9-5-4-6-10-17)20-11-7-8-12-21(20)25(28)30-23/h4-16H,3H2,1-2H3. The van der Waals surface area contributed by atoms with Crippen LogP contribution in [-0.2, 0) is 0 Å². The summed E-state index contributed by atoms with van der Waals surface area (Å²) in [7, 11) is 1.65. The monoisotopic (exact) mass is 399 g/mol. The molecule has 0 atom stereocenters. The van der Waals surface area contributed by atoms with E-state index in [4.69, 9.17) is 9.15 Å². The van der Waals surface area contributed by atoms with Crippen LogP contribution in [0.5, 0.6) is 5.75 Å². The molecule has 5 heteroatoms. The average molecular weight is 399 g/mol. The maximum atomic E-state index is 13.4. The molecule has 1 amide bonds. The number of nitrogens with zero attached hydrogens (tertiary/aromatic N) is 1. The lowest BCUT2D eigenvalue weighted by molar-refractivity contribution is 0.0964. The van der Waals surface area contributed by atoms with Gasteiger partial charge in [-0.1, -0.05) is 48.5 Å². The summed E-state index contributed by atoms with van der Waals surface area (Å²) in [4.78, 5) is 27.5. The predicted octanol–water partition coefficient (Wildman–Crippen LogP) is 5.14. The van der Waals surface area contributed by atoms with Crippen LogP contribution in [0.25, 0.3) is 21.9 Å². The van der Waals surface area contributed by atoms with Crippen molar-refractivity contribution in [1.29, 1.82) is 0 Å². The number of carbonyl (C=O) groups excluding carboxylic acids is 1. The summed E-state index contributed by atoms with van der Waals surface area (Å²) in [6, 6.07) is 23.8. The molecule has 0 fully saturated rings. The van der Waals surface area contributed by atoms with Gasteiger partial charge >= 0.3 is 5.63 Å². The van der Waals surface area contributed by atoms with E-state index in [1.807, 2.05) is 49.4 Å². The first-order valence-corrected chi connectivity index (χ1v) is 9.72. The Morgan fingerprint density at radius 3 is 2.20 bits per heavy atom. The smallest absolute Gasteiger partial charge is 0.344 e. The van der Waals surface area contributed by atoms with Gasteiger partial charge in [-0.05, 0) is 42.8 Å². The summed E-state index contributed by atoms with van der Waals surface area (Å²) in [5.74, 6) is 0.339. The van der Waals surface area contributed by atoms with E-state index in [-0.39, 0.29) is 5.76 Å². The molecule has 150 valence electrons. The molecule has 0 spiro atoms. The van der Waals surface area contributed by atoms with Crippen LogP contribution in [0.4, 0.5) is 5.69 Å². The van der Waals surface area contributed by atoms with Gasteiger partial charge in [0.05, 0.1) is 12.0 Å². The number of hydrogen-bond donors (Lipinski definition) is 0. The molecule has 0 N–H and O–H groups in total. The van der Waals surface area contributed by atoms with Gasteiger partial charge in [0.2, 0.25) is 5.76 Å².